The quantitative estimate of drug-likeness (QED) is 0.712. The molecule has 0 bridgehead atoms. The molecule has 6 nitrogen and oxygen atoms in total. The van der Waals surface area contributed by atoms with E-state index in [1.165, 1.54) is 4.70 Å². The Bertz CT molecular complexity index is 970. The zero-order valence-corrected chi connectivity index (χ0v) is 16.2. The highest BCUT2D eigenvalue weighted by Gasteiger charge is 2.26. The molecule has 2 aromatic heterocycles. The molecule has 0 aliphatic heterocycles. The molecule has 0 saturated carbocycles. The minimum Gasteiger partial charge on any atom is -0.360 e. The molecule has 0 aliphatic rings. The molecule has 3 rings (SSSR count). The number of likely N-dealkylation sites (N-methyl/N-ethyl adjacent to an activating group) is 1. The Kier molecular flexibility index (Phi) is 4.97. The van der Waals surface area contributed by atoms with Crippen molar-refractivity contribution >= 4 is 31.4 Å². The number of nitrogens with zero attached hydrogens (tertiary/aromatic N) is 2. The van der Waals surface area contributed by atoms with Crippen LogP contribution in [0.25, 0.3) is 10.1 Å². The third-order valence-electron chi connectivity index (χ3n) is 4.20. The van der Waals surface area contributed by atoms with Gasteiger partial charge in [0, 0.05) is 17.3 Å². The summed E-state index contributed by atoms with van der Waals surface area (Å²) in [6.45, 7) is 3.49. The van der Waals surface area contributed by atoms with E-state index in [1.807, 2.05) is 31.1 Å². The van der Waals surface area contributed by atoms with E-state index in [-0.39, 0.29) is 17.5 Å². The van der Waals surface area contributed by atoms with E-state index in [0.717, 1.165) is 10.9 Å². The van der Waals surface area contributed by atoms with Gasteiger partial charge in [0.15, 0.2) is 5.76 Å². The summed E-state index contributed by atoms with van der Waals surface area (Å²) in [4.78, 5) is 2.14. The summed E-state index contributed by atoms with van der Waals surface area (Å²) in [5.74, 6) is 0.299. The smallest absolute Gasteiger partial charge is 0.246 e. The van der Waals surface area contributed by atoms with Crippen LogP contribution in [0.1, 0.15) is 23.1 Å². The first kappa shape index (κ1) is 18.1. The Morgan fingerprint density at radius 1 is 1.28 bits per heavy atom. The zero-order valence-electron chi connectivity index (χ0n) is 14.6. The molecule has 1 N–H and O–H groups in total. The van der Waals surface area contributed by atoms with Gasteiger partial charge in [0.1, 0.15) is 10.6 Å². The van der Waals surface area contributed by atoms with Gasteiger partial charge in [-0.1, -0.05) is 23.4 Å². The highest BCUT2D eigenvalue weighted by Crippen LogP contribution is 2.32. The molecular formula is C17H21N3O3S2. The largest absolute Gasteiger partial charge is 0.360 e. The van der Waals surface area contributed by atoms with Crippen LogP contribution in [0.3, 0.4) is 0 Å². The Labute approximate surface area is 151 Å². The summed E-state index contributed by atoms with van der Waals surface area (Å²) in [5, 5.41) is 6.98. The van der Waals surface area contributed by atoms with Crippen molar-refractivity contribution < 1.29 is 12.9 Å². The van der Waals surface area contributed by atoms with Crippen LogP contribution in [0, 0.1) is 13.8 Å². The monoisotopic (exact) mass is 379 g/mol. The van der Waals surface area contributed by atoms with Crippen molar-refractivity contribution in [2.75, 3.05) is 20.6 Å². The van der Waals surface area contributed by atoms with E-state index in [1.54, 1.807) is 25.2 Å². The molecule has 3 aromatic rings. The van der Waals surface area contributed by atoms with Crippen LogP contribution in [-0.4, -0.2) is 39.1 Å². The van der Waals surface area contributed by atoms with Crippen LogP contribution in [0.15, 0.2) is 39.1 Å². The van der Waals surface area contributed by atoms with Crippen molar-refractivity contribution in [3.05, 3.63) is 46.7 Å². The second-order valence-electron chi connectivity index (χ2n) is 6.17. The van der Waals surface area contributed by atoms with Crippen LogP contribution in [0.4, 0.5) is 0 Å². The van der Waals surface area contributed by atoms with Gasteiger partial charge in [0.2, 0.25) is 10.0 Å². The SMILES string of the molecule is Cc1noc(C)c1S(=O)(=O)NC[C@@H](c1csc2ccccc12)N(C)C. The Hall–Kier alpha value is -1.74. The average Bonchev–Trinajstić information content (AvgIpc) is 3.11. The summed E-state index contributed by atoms with van der Waals surface area (Å²) in [7, 11) is 0.211. The number of sulfonamides is 1. The molecule has 8 heteroatoms. The maximum Gasteiger partial charge on any atom is 0.246 e. The molecule has 0 spiro atoms. The summed E-state index contributed by atoms with van der Waals surface area (Å²) in [6, 6.07) is 8.07. The topological polar surface area (TPSA) is 75.4 Å². The predicted octanol–water partition coefficient (Wildman–Crippen LogP) is 3.09. The van der Waals surface area contributed by atoms with E-state index >= 15 is 0 Å². The number of fused-ring (bicyclic) bond motifs is 1. The standard InChI is InChI=1S/C17H21N3O3S2/c1-11-17(12(2)23-19-11)25(21,22)18-9-15(20(3)4)14-10-24-16-8-6-5-7-13(14)16/h5-8,10,15,18H,9H2,1-4H3/t15-/m0/s1. The number of hydrogen-bond acceptors (Lipinski definition) is 6. The second-order valence-corrected chi connectivity index (χ2v) is 8.79. The molecule has 1 aromatic carbocycles. The Morgan fingerprint density at radius 2 is 2.00 bits per heavy atom. The van der Waals surface area contributed by atoms with Crippen molar-refractivity contribution in [2.45, 2.75) is 24.8 Å². The first-order valence-electron chi connectivity index (χ1n) is 7.86. The fourth-order valence-corrected chi connectivity index (χ4v) is 5.32. The molecule has 0 fully saturated rings. The fourth-order valence-electron chi connectivity index (χ4n) is 2.95. The molecule has 0 radical (unpaired) electrons. The van der Waals surface area contributed by atoms with Gasteiger partial charge in [0.05, 0.1) is 0 Å². The number of benzene rings is 1. The van der Waals surface area contributed by atoms with Crippen molar-refractivity contribution in [3.63, 3.8) is 0 Å². The zero-order chi connectivity index (χ0) is 18.2. The van der Waals surface area contributed by atoms with Gasteiger partial charge >= 0.3 is 0 Å². The molecule has 0 unspecified atom stereocenters. The lowest BCUT2D eigenvalue weighted by molar-refractivity contribution is 0.301. The third-order valence-corrected chi connectivity index (χ3v) is 6.85. The van der Waals surface area contributed by atoms with E-state index in [9.17, 15) is 8.42 Å². The molecule has 2 heterocycles. The molecule has 1 atom stereocenters. The number of aromatic nitrogens is 1. The summed E-state index contributed by atoms with van der Waals surface area (Å²) in [6.07, 6.45) is 0. The molecule has 0 amide bonds. The number of hydrogen-bond donors (Lipinski definition) is 1. The average molecular weight is 380 g/mol. The van der Waals surface area contributed by atoms with Crippen LogP contribution in [-0.2, 0) is 10.0 Å². The van der Waals surface area contributed by atoms with Crippen molar-refractivity contribution in [3.8, 4) is 0 Å². The number of thiophene rings is 1. The lowest BCUT2D eigenvalue weighted by atomic mass is 10.1. The minimum atomic E-state index is -3.68. The van der Waals surface area contributed by atoms with E-state index in [2.05, 4.69) is 27.4 Å². The molecule has 0 aliphatic carbocycles. The van der Waals surface area contributed by atoms with Crippen molar-refractivity contribution in [1.82, 2.24) is 14.8 Å². The van der Waals surface area contributed by atoms with Crippen molar-refractivity contribution in [2.24, 2.45) is 0 Å². The van der Waals surface area contributed by atoms with Gasteiger partial charge < -0.3 is 9.42 Å². The van der Waals surface area contributed by atoms with Crippen LogP contribution in [0.5, 0.6) is 0 Å². The fraction of sp³-hybridized carbons (Fsp3) is 0.353. The van der Waals surface area contributed by atoms with E-state index in [4.69, 9.17) is 4.52 Å². The van der Waals surface area contributed by atoms with E-state index in [0.29, 0.717) is 11.5 Å². The third kappa shape index (κ3) is 3.48. The lowest BCUT2D eigenvalue weighted by Crippen LogP contribution is -2.34. The van der Waals surface area contributed by atoms with Gasteiger partial charge in [-0.25, -0.2) is 13.1 Å². The summed E-state index contributed by atoms with van der Waals surface area (Å²) in [5.41, 5.74) is 1.49. The molecule has 0 saturated heterocycles. The summed E-state index contributed by atoms with van der Waals surface area (Å²) >= 11 is 1.67. The number of rotatable bonds is 6. The number of nitrogens with one attached hydrogen (secondary N) is 1. The second kappa shape index (κ2) is 6.87. The normalized spacial score (nSPS) is 13.6. The highest BCUT2D eigenvalue weighted by atomic mass is 32.2. The maximum absolute atomic E-state index is 12.7. The van der Waals surface area contributed by atoms with Crippen molar-refractivity contribution in [1.29, 1.82) is 0 Å². The molecule has 25 heavy (non-hydrogen) atoms. The lowest BCUT2D eigenvalue weighted by Gasteiger charge is -2.24. The van der Waals surface area contributed by atoms with Gasteiger partial charge in [-0.3, -0.25) is 0 Å². The first-order valence-corrected chi connectivity index (χ1v) is 10.2. The molecular weight excluding hydrogens is 358 g/mol. The minimum absolute atomic E-state index is 0.0774. The first-order chi connectivity index (χ1) is 11.8. The number of aryl methyl sites for hydroxylation is 2. The van der Waals surface area contributed by atoms with Gasteiger partial charge in [-0.15, -0.1) is 11.3 Å². The van der Waals surface area contributed by atoms with Crippen LogP contribution >= 0.6 is 11.3 Å². The Morgan fingerprint density at radius 3 is 2.64 bits per heavy atom. The summed E-state index contributed by atoms with van der Waals surface area (Å²) < 4.78 is 34.2. The maximum atomic E-state index is 12.7. The highest BCUT2D eigenvalue weighted by molar-refractivity contribution is 7.89. The van der Waals surface area contributed by atoms with Crippen LogP contribution in [0.2, 0.25) is 0 Å². The van der Waals surface area contributed by atoms with Gasteiger partial charge in [-0.05, 0) is 50.3 Å². The molecule has 134 valence electrons. The van der Waals surface area contributed by atoms with E-state index < -0.39 is 10.0 Å². The van der Waals surface area contributed by atoms with Gasteiger partial charge in [0.25, 0.3) is 0 Å². The van der Waals surface area contributed by atoms with Gasteiger partial charge in [-0.2, -0.15) is 0 Å². The Balaban J connectivity index is 1.89. The van der Waals surface area contributed by atoms with Crippen LogP contribution < -0.4 is 4.72 Å². The predicted molar refractivity (Wildman–Crippen MR) is 99.4 cm³/mol.